The number of fused-ring (bicyclic) bond motifs is 1. The summed E-state index contributed by atoms with van der Waals surface area (Å²) in [6, 6.07) is 10.1. The van der Waals surface area contributed by atoms with Crippen molar-refractivity contribution in [3.8, 4) is 28.3 Å². The molecule has 3 amide bonds. The summed E-state index contributed by atoms with van der Waals surface area (Å²) in [5.41, 5.74) is 5.15. The van der Waals surface area contributed by atoms with E-state index in [0.717, 1.165) is 36.3 Å². The number of hydrogen-bond acceptors (Lipinski definition) is 6. The third kappa shape index (κ3) is 11.9. The number of ether oxygens (including phenoxy) is 1. The fraction of sp³-hybridized carbons (Fsp3) is 0.467. The molecule has 5 rings (SSSR count). The van der Waals surface area contributed by atoms with Gasteiger partial charge in [-0.05, 0) is 73.1 Å². The van der Waals surface area contributed by atoms with E-state index in [4.69, 9.17) is 16.3 Å². The first kappa shape index (κ1) is 47.5. The van der Waals surface area contributed by atoms with Crippen molar-refractivity contribution in [1.29, 1.82) is 0 Å². The molecule has 1 unspecified atom stereocenters. The van der Waals surface area contributed by atoms with Crippen LogP contribution in [0.15, 0.2) is 60.6 Å². The topological polar surface area (TPSA) is 104 Å². The van der Waals surface area contributed by atoms with Crippen LogP contribution in [0.5, 0.6) is 5.88 Å². The second-order valence-corrected chi connectivity index (χ2v) is 14.5. The number of hydrogen-bond donors (Lipinski definition) is 2. The average molecular weight is 792 g/mol. The summed E-state index contributed by atoms with van der Waals surface area (Å²) in [6.07, 6.45) is 9.84. The first-order valence-corrected chi connectivity index (χ1v) is 20.1. The van der Waals surface area contributed by atoms with Crippen molar-refractivity contribution in [1.82, 2.24) is 20.1 Å². The second kappa shape index (κ2) is 22.8. The van der Waals surface area contributed by atoms with Gasteiger partial charge < -0.3 is 20.3 Å². The molecule has 1 aliphatic carbocycles. The first-order valence-electron chi connectivity index (χ1n) is 19.7. The third-order valence-electron chi connectivity index (χ3n) is 9.88. The molecule has 2 heterocycles. The molecule has 1 atom stereocenters. The lowest BCUT2D eigenvalue weighted by Crippen LogP contribution is -2.41. The largest absolute Gasteiger partial charge is 0.481 e. The molecule has 3 aromatic rings. The van der Waals surface area contributed by atoms with E-state index in [-0.39, 0.29) is 28.0 Å². The number of likely N-dealkylation sites (N-methyl/N-ethyl adjacent to an activating group) is 1. The lowest BCUT2D eigenvalue weighted by molar-refractivity contribution is -0.128. The Labute approximate surface area is 339 Å². The van der Waals surface area contributed by atoms with Crippen molar-refractivity contribution in [2.24, 2.45) is 11.8 Å². The van der Waals surface area contributed by atoms with Crippen molar-refractivity contribution in [3.63, 3.8) is 0 Å². The molecule has 0 spiro atoms. The van der Waals surface area contributed by atoms with Crippen LogP contribution in [0.25, 0.3) is 22.4 Å². The van der Waals surface area contributed by atoms with Crippen LogP contribution < -0.4 is 15.4 Å². The summed E-state index contributed by atoms with van der Waals surface area (Å²) in [4.78, 5) is 43.8. The van der Waals surface area contributed by atoms with Crippen LogP contribution in [0.1, 0.15) is 97.3 Å². The number of aryl methyl sites for hydroxylation is 1. The molecule has 306 valence electrons. The summed E-state index contributed by atoms with van der Waals surface area (Å²) < 4.78 is 20.9. The molecule has 0 radical (unpaired) electrons. The van der Waals surface area contributed by atoms with Crippen molar-refractivity contribution in [3.05, 3.63) is 88.1 Å². The molecule has 1 aromatic heterocycles. The van der Waals surface area contributed by atoms with Crippen molar-refractivity contribution < 1.29 is 23.5 Å². The van der Waals surface area contributed by atoms with E-state index in [1.165, 1.54) is 42.8 Å². The number of carbonyl (C=O) groups is 3. The summed E-state index contributed by atoms with van der Waals surface area (Å²) in [5, 5.41) is 5.53. The van der Waals surface area contributed by atoms with Crippen LogP contribution in [-0.4, -0.2) is 60.8 Å². The molecule has 2 aromatic carbocycles. The van der Waals surface area contributed by atoms with E-state index in [0.29, 0.717) is 39.8 Å². The van der Waals surface area contributed by atoms with Gasteiger partial charge >= 0.3 is 0 Å². The van der Waals surface area contributed by atoms with Gasteiger partial charge in [-0.1, -0.05) is 104 Å². The second-order valence-electron chi connectivity index (χ2n) is 14.1. The fourth-order valence-corrected chi connectivity index (χ4v) is 6.49. The Morgan fingerprint density at radius 3 is 2.32 bits per heavy atom. The van der Waals surface area contributed by atoms with E-state index in [1.54, 1.807) is 64.3 Å². The van der Waals surface area contributed by atoms with Gasteiger partial charge in [0.25, 0.3) is 11.8 Å². The molecule has 56 heavy (non-hydrogen) atoms. The molecular weight excluding hydrogens is 729 g/mol. The molecule has 0 saturated carbocycles. The van der Waals surface area contributed by atoms with Gasteiger partial charge in [0, 0.05) is 55.6 Å². The van der Waals surface area contributed by atoms with E-state index in [9.17, 15) is 14.4 Å². The van der Waals surface area contributed by atoms with Crippen LogP contribution in [0.3, 0.4) is 0 Å². The SMILES string of the molecule is C=C1N(C)C=C(C(=O)Nc2cccc(-c3c(F)ccc(-c4cc5c(c(OC)n4)CCC5)c3Cl)c2C)C(=O)N1C.CC.CCCCC(C)CC.CNC(=O)C(C)C. The predicted molar refractivity (Wildman–Crippen MR) is 229 cm³/mol. The normalized spacial score (nSPS) is 13.6. The monoisotopic (exact) mass is 791 g/mol. The summed E-state index contributed by atoms with van der Waals surface area (Å²) in [7, 11) is 6.49. The number of nitrogens with zero attached hydrogens (tertiary/aromatic N) is 3. The van der Waals surface area contributed by atoms with Crippen LogP contribution >= 0.6 is 11.6 Å². The quantitative estimate of drug-likeness (QED) is 0.198. The number of methoxy groups -OCH3 is 1. The number of pyridine rings is 1. The Bertz CT molecular complexity index is 1880. The minimum atomic E-state index is -0.582. The van der Waals surface area contributed by atoms with Gasteiger partial charge in [0.2, 0.25) is 11.8 Å². The van der Waals surface area contributed by atoms with Gasteiger partial charge in [-0.15, -0.1) is 0 Å². The van der Waals surface area contributed by atoms with E-state index in [1.807, 2.05) is 33.8 Å². The maximum Gasteiger partial charge on any atom is 0.266 e. The lowest BCUT2D eigenvalue weighted by atomic mass is 9.95. The van der Waals surface area contributed by atoms with Gasteiger partial charge in [0.05, 0.1) is 17.8 Å². The highest BCUT2D eigenvalue weighted by Crippen LogP contribution is 2.42. The molecule has 0 saturated heterocycles. The number of amides is 3. The Balaban J connectivity index is 0.000000535. The van der Waals surface area contributed by atoms with Crippen molar-refractivity contribution in [2.75, 3.05) is 33.6 Å². The number of benzene rings is 2. The third-order valence-corrected chi connectivity index (χ3v) is 10.3. The number of rotatable bonds is 10. The Hall–Kier alpha value is -4.70. The molecule has 0 bridgehead atoms. The van der Waals surface area contributed by atoms with E-state index < -0.39 is 17.6 Å². The minimum absolute atomic E-state index is 0.0416. The number of nitrogens with one attached hydrogen (secondary N) is 2. The standard InChI is InChI=1S/C30H28ClFN4O3.C8H18.C5H11NO.C2H6/c1-16-19(9-7-11-24(16)33-28(37)22-15-35(3)17(2)36(4)30(22)38)26-23(32)13-12-21(27(26)31)25-14-18-8-6-10-20(18)29(34-25)39-5;1-4-6-7-8(3)5-2;1-4(2)5(7)6-3;1-2/h7,9,11-15H,2,6,8,10H2,1,3-5H3,(H,33,37);8H,4-7H2,1-3H3;4H,1-3H3,(H,6,7);1-2H3. The highest BCUT2D eigenvalue weighted by molar-refractivity contribution is 6.36. The summed E-state index contributed by atoms with van der Waals surface area (Å²) in [6.45, 7) is 20.2. The van der Waals surface area contributed by atoms with Gasteiger partial charge in [-0.3, -0.25) is 19.3 Å². The number of carbonyl (C=O) groups excluding carboxylic acids is 3. The average Bonchev–Trinajstić information content (AvgIpc) is 3.68. The molecule has 2 N–H and O–H groups in total. The van der Waals surface area contributed by atoms with Gasteiger partial charge in [-0.25, -0.2) is 9.37 Å². The molecule has 2 aliphatic rings. The Morgan fingerprint density at radius 2 is 1.75 bits per heavy atom. The van der Waals surface area contributed by atoms with Gasteiger partial charge in [0.1, 0.15) is 17.2 Å². The predicted octanol–water partition coefficient (Wildman–Crippen LogP) is 10.3. The van der Waals surface area contributed by atoms with Gasteiger partial charge in [-0.2, -0.15) is 0 Å². The maximum atomic E-state index is 15.3. The zero-order valence-corrected chi connectivity index (χ0v) is 36.3. The van der Waals surface area contributed by atoms with Crippen LogP contribution in [0.2, 0.25) is 5.02 Å². The molecule has 11 heteroatoms. The zero-order chi connectivity index (χ0) is 42.3. The van der Waals surface area contributed by atoms with E-state index >= 15 is 4.39 Å². The van der Waals surface area contributed by atoms with Crippen LogP contribution in [0, 0.1) is 24.6 Å². The van der Waals surface area contributed by atoms with Crippen LogP contribution in [0.4, 0.5) is 10.1 Å². The molecule has 0 fully saturated rings. The first-order chi connectivity index (χ1) is 26.6. The van der Waals surface area contributed by atoms with Gasteiger partial charge in [0.15, 0.2) is 0 Å². The number of anilines is 1. The molecule has 9 nitrogen and oxygen atoms in total. The zero-order valence-electron chi connectivity index (χ0n) is 35.6. The number of aromatic nitrogens is 1. The summed E-state index contributed by atoms with van der Waals surface area (Å²) >= 11 is 6.87. The van der Waals surface area contributed by atoms with Crippen molar-refractivity contribution in [2.45, 2.75) is 100 Å². The van der Waals surface area contributed by atoms with Crippen LogP contribution in [-0.2, 0) is 27.2 Å². The highest BCUT2D eigenvalue weighted by Gasteiger charge is 2.30. The van der Waals surface area contributed by atoms with E-state index in [2.05, 4.69) is 43.0 Å². The maximum absolute atomic E-state index is 15.3. The Kier molecular flexibility index (Phi) is 19.3. The Morgan fingerprint density at radius 1 is 1.07 bits per heavy atom. The smallest absolute Gasteiger partial charge is 0.266 e. The molecular formula is C45H63ClFN5O4. The fourth-order valence-electron chi connectivity index (χ4n) is 6.14. The number of unbranched alkanes of at least 4 members (excludes halogenated alkanes) is 1. The molecule has 1 aliphatic heterocycles. The number of halogens is 2. The minimum Gasteiger partial charge on any atom is -0.481 e. The lowest BCUT2D eigenvalue weighted by Gasteiger charge is -2.31. The summed E-state index contributed by atoms with van der Waals surface area (Å²) in [5.74, 6) is 0.629. The highest BCUT2D eigenvalue weighted by atomic mass is 35.5. The van der Waals surface area contributed by atoms with Crippen molar-refractivity contribution >= 4 is 35.0 Å².